The van der Waals surface area contributed by atoms with E-state index in [2.05, 4.69) is 17.4 Å². The Morgan fingerprint density at radius 2 is 1.24 bits per heavy atom. The molecule has 126 valence electrons. The van der Waals surface area contributed by atoms with Gasteiger partial charge in [-0.25, -0.2) is 0 Å². The van der Waals surface area contributed by atoms with Crippen LogP contribution in [0.4, 0.5) is 0 Å². The second-order valence-electron chi connectivity index (χ2n) is 5.96. The Hall–Kier alpha value is -2.49. The summed E-state index contributed by atoms with van der Waals surface area (Å²) in [5.74, 6) is 0. The molecule has 0 unspecified atom stereocenters. The molecule has 0 radical (unpaired) electrons. The van der Waals surface area contributed by atoms with E-state index in [-0.39, 0.29) is 6.04 Å². The number of aliphatic hydroxyl groups excluding tert-OH is 1. The van der Waals surface area contributed by atoms with E-state index in [1.54, 1.807) is 0 Å². The van der Waals surface area contributed by atoms with Gasteiger partial charge in [-0.15, -0.1) is 0 Å². The highest BCUT2D eigenvalue weighted by molar-refractivity contribution is 7.80. The number of nitrogens with one attached hydrogen (secondary N) is 1. The van der Waals surface area contributed by atoms with Crippen molar-refractivity contribution in [3.63, 3.8) is 0 Å². The lowest BCUT2D eigenvalue weighted by Crippen LogP contribution is -2.29. The van der Waals surface area contributed by atoms with Gasteiger partial charge in [0.25, 0.3) is 0 Å². The molecule has 0 saturated carbocycles. The zero-order valence-electron chi connectivity index (χ0n) is 13.9. The highest BCUT2D eigenvalue weighted by atomic mass is 32.1. The van der Waals surface area contributed by atoms with Crippen LogP contribution < -0.4 is 5.32 Å². The zero-order valence-corrected chi connectivity index (χ0v) is 14.7. The maximum atomic E-state index is 10.7. The lowest BCUT2D eigenvalue weighted by molar-refractivity contribution is 0.155. The third kappa shape index (κ3) is 4.75. The number of aliphatic hydroxyl groups is 1. The summed E-state index contributed by atoms with van der Waals surface area (Å²) < 4.78 is 0. The van der Waals surface area contributed by atoms with E-state index >= 15 is 0 Å². The average molecular weight is 347 g/mol. The maximum absolute atomic E-state index is 10.7. The second-order valence-corrected chi connectivity index (χ2v) is 6.37. The van der Waals surface area contributed by atoms with Gasteiger partial charge < -0.3 is 10.4 Å². The fourth-order valence-electron chi connectivity index (χ4n) is 2.83. The molecular formula is C22H21NOS. The fourth-order valence-corrected chi connectivity index (χ4v) is 3.11. The summed E-state index contributed by atoms with van der Waals surface area (Å²) in [5, 5.41) is 14.1. The first-order valence-electron chi connectivity index (χ1n) is 8.38. The van der Waals surface area contributed by atoms with E-state index < -0.39 is 6.10 Å². The van der Waals surface area contributed by atoms with Crippen LogP contribution in [0.3, 0.4) is 0 Å². The standard InChI is InChI=1S/C22H21NOS/c24-21(18-12-6-2-7-13-18)16-20(17-10-4-1-5-11-17)23-22(25)19-14-8-3-9-15-19/h1-15,20-21,24H,16H2,(H,23,25)/t20-,21+/m1/s1. The van der Waals surface area contributed by atoms with Crippen LogP contribution in [0.2, 0.25) is 0 Å². The molecule has 0 fully saturated rings. The van der Waals surface area contributed by atoms with E-state index in [9.17, 15) is 5.11 Å². The number of rotatable bonds is 6. The predicted octanol–water partition coefficient (Wildman–Crippen LogP) is 4.82. The topological polar surface area (TPSA) is 32.3 Å². The van der Waals surface area contributed by atoms with Gasteiger partial charge in [0.1, 0.15) is 4.99 Å². The van der Waals surface area contributed by atoms with Crippen LogP contribution in [-0.2, 0) is 0 Å². The van der Waals surface area contributed by atoms with E-state index in [4.69, 9.17) is 12.2 Å². The zero-order chi connectivity index (χ0) is 17.5. The van der Waals surface area contributed by atoms with Crippen LogP contribution in [0.15, 0.2) is 91.0 Å². The minimum Gasteiger partial charge on any atom is -0.388 e. The lowest BCUT2D eigenvalue weighted by Gasteiger charge is -2.24. The molecule has 0 saturated heterocycles. The molecule has 0 bridgehead atoms. The minimum absolute atomic E-state index is 0.0656. The van der Waals surface area contributed by atoms with E-state index in [1.807, 2.05) is 78.9 Å². The number of hydrogen-bond donors (Lipinski definition) is 2. The van der Waals surface area contributed by atoms with Crippen LogP contribution in [0.5, 0.6) is 0 Å². The molecule has 3 aromatic carbocycles. The number of hydrogen-bond acceptors (Lipinski definition) is 2. The molecule has 2 N–H and O–H groups in total. The molecule has 0 aliphatic rings. The SMILES string of the molecule is O[C@@H](C[C@@H](NC(=S)c1ccccc1)c1ccccc1)c1ccccc1. The summed E-state index contributed by atoms with van der Waals surface area (Å²) in [6, 6.07) is 29.7. The van der Waals surface area contributed by atoms with Gasteiger partial charge in [0.05, 0.1) is 12.1 Å². The Morgan fingerprint density at radius 3 is 1.80 bits per heavy atom. The van der Waals surface area contributed by atoms with Gasteiger partial charge in [0.15, 0.2) is 0 Å². The van der Waals surface area contributed by atoms with Crippen molar-refractivity contribution in [1.82, 2.24) is 5.32 Å². The molecule has 0 aromatic heterocycles. The highest BCUT2D eigenvalue weighted by Crippen LogP contribution is 2.27. The molecule has 3 aromatic rings. The largest absolute Gasteiger partial charge is 0.388 e. The van der Waals surface area contributed by atoms with Gasteiger partial charge in [-0.05, 0) is 11.1 Å². The van der Waals surface area contributed by atoms with Crippen LogP contribution in [0, 0.1) is 0 Å². The summed E-state index contributed by atoms with van der Waals surface area (Å²) in [7, 11) is 0. The number of thiocarbonyl (C=S) groups is 1. The first-order valence-corrected chi connectivity index (χ1v) is 8.79. The van der Waals surface area contributed by atoms with Crippen LogP contribution >= 0.6 is 12.2 Å². The molecule has 0 amide bonds. The molecular weight excluding hydrogens is 326 g/mol. The average Bonchev–Trinajstić information content (AvgIpc) is 2.69. The molecule has 2 atom stereocenters. The maximum Gasteiger partial charge on any atom is 0.107 e. The lowest BCUT2D eigenvalue weighted by atomic mass is 9.96. The van der Waals surface area contributed by atoms with Crippen molar-refractivity contribution in [3.8, 4) is 0 Å². The first kappa shape index (κ1) is 17.3. The van der Waals surface area contributed by atoms with E-state index in [1.165, 1.54) is 0 Å². The molecule has 3 heteroatoms. The molecule has 0 aliphatic heterocycles. The monoisotopic (exact) mass is 347 g/mol. The third-order valence-electron chi connectivity index (χ3n) is 4.19. The summed E-state index contributed by atoms with van der Waals surface area (Å²) in [4.78, 5) is 0.690. The molecule has 0 spiro atoms. The Bertz CT molecular complexity index is 790. The van der Waals surface area contributed by atoms with Gasteiger partial charge >= 0.3 is 0 Å². The smallest absolute Gasteiger partial charge is 0.107 e. The second kappa shape index (κ2) is 8.56. The Kier molecular flexibility index (Phi) is 5.94. The predicted molar refractivity (Wildman–Crippen MR) is 106 cm³/mol. The summed E-state index contributed by atoms with van der Waals surface area (Å²) >= 11 is 5.57. The van der Waals surface area contributed by atoms with Gasteiger partial charge in [0, 0.05) is 12.0 Å². The summed E-state index contributed by atoms with van der Waals surface area (Å²) in [5.41, 5.74) is 3.00. The molecule has 2 nitrogen and oxygen atoms in total. The van der Waals surface area contributed by atoms with Crippen molar-refractivity contribution < 1.29 is 5.11 Å². The molecule has 25 heavy (non-hydrogen) atoms. The third-order valence-corrected chi connectivity index (χ3v) is 4.54. The van der Waals surface area contributed by atoms with Gasteiger partial charge in [-0.1, -0.05) is 103 Å². The molecule has 0 heterocycles. The van der Waals surface area contributed by atoms with Crippen molar-refractivity contribution >= 4 is 17.2 Å². The van der Waals surface area contributed by atoms with Gasteiger partial charge in [-0.3, -0.25) is 0 Å². The van der Waals surface area contributed by atoms with Crippen molar-refractivity contribution in [2.75, 3.05) is 0 Å². The highest BCUT2D eigenvalue weighted by Gasteiger charge is 2.19. The normalized spacial score (nSPS) is 13.0. The number of benzene rings is 3. The Balaban J connectivity index is 1.80. The fraction of sp³-hybridized carbons (Fsp3) is 0.136. The Morgan fingerprint density at radius 1 is 0.760 bits per heavy atom. The van der Waals surface area contributed by atoms with Crippen LogP contribution in [0.1, 0.15) is 35.3 Å². The van der Waals surface area contributed by atoms with E-state index in [0.29, 0.717) is 11.4 Å². The van der Waals surface area contributed by atoms with Crippen molar-refractivity contribution in [2.45, 2.75) is 18.6 Å². The van der Waals surface area contributed by atoms with E-state index in [0.717, 1.165) is 16.7 Å². The van der Waals surface area contributed by atoms with Crippen LogP contribution in [-0.4, -0.2) is 10.1 Å². The summed E-state index contributed by atoms with van der Waals surface area (Å²) in [6.45, 7) is 0. The van der Waals surface area contributed by atoms with Crippen molar-refractivity contribution in [1.29, 1.82) is 0 Å². The molecule has 3 rings (SSSR count). The van der Waals surface area contributed by atoms with Gasteiger partial charge in [-0.2, -0.15) is 0 Å². The summed E-state index contributed by atoms with van der Waals surface area (Å²) in [6.07, 6.45) is -0.0152. The quantitative estimate of drug-likeness (QED) is 0.627. The minimum atomic E-state index is -0.558. The van der Waals surface area contributed by atoms with Crippen molar-refractivity contribution in [3.05, 3.63) is 108 Å². The van der Waals surface area contributed by atoms with Crippen LogP contribution in [0.25, 0.3) is 0 Å². The van der Waals surface area contributed by atoms with Crippen molar-refractivity contribution in [2.24, 2.45) is 0 Å². The molecule has 0 aliphatic carbocycles. The first-order chi connectivity index (χ1) is 12.2. The van der Waals surface area contributed by atoms with Gasteiger partial charge in [0.2, 0.25) is 0 Å². The Labute approximate surface area is 154 Å².